The third-order valence-corrected chi connectivity index (χ3v) is 8.02. The Hall–Kier alpha value is -4.23. The van der Waals surface area contributed by atoms with Gasteiger partial charge < -0.3 is 18.9 Å². The lowest BCUT2D eigenvalue weighted by molar-refractivity contribution is -0.275. The van der Waals surface area contributed by atoms with Crippen LogP contribution in [0.2, 0.25) is 0 Å². The van der Waals surface area contributed by atoms with Gasteiger partial charge in [0, 0.05) is 37.5 Å². The molecule has 0 aromatic heterocycles. The van der Waals surface area contributed by atoms with Crippen molar-refractivity contribution in [2.24, 2.45) is 5.41 Å². The van der Waals surface area contributed by atoms with Crippen molar-refractivity contribution in [2.75, 3.05) is 13.2 Å². The molecule has 2 saturated carbocycles. The maximum atomic E-state index is 14.2. The average molecular weight is 527 g/mol. The molecule has 2 atom stereocenters. The van der Waals surface area contributed by atoms with Gasteiger partial charge in [-0.15, -0.1) is 12.8 Å². The van der Waals surface area contributed by atoms with Gasteiger partial charge in [0.05, 0.1) is 0 Å². The van der Waals surface area contributed by atoms with E-state index in [9.17, 15) is 14.4 Å². The minimum absolute atomic E-state index is 0.00161. The van der Waals surface area contributed by atoms with Crippen molar-refractivity contribution < 1.29 is 33.3 Å². The second-order valence-electron chi connectivity index (χ2n) is 10.3. The zero-order valence-electron chi connectivity index (χ0n) is 21.6. The van der Waals surface area contributed by atoms with E-state index in [0.717, 1.165) is 19.3 Å². The SMILES string of the molecule is C#CCOc1ccc([C@H]2CC(=O)C[C@@H](c3ccc(OCC#C)cc3)C23C(=O)OC2(CCCCC2)OC3=O)cc1. The number of Topliss-reactive ketones (excluding diaryl/α,β-unsaturated/α-hetero) is 1. The molecule has 0 bridgehead atoms. The lowest BCUT2D eigenvalue weighted by Gasteiger charge is -2.52. The summed E-state index contributed by atoms with van der Waals surface area (Å²) in [5.41, 5.74) is -0.453. The van der Waals surface area contributed by atoms with Crippen molar-refractivity contribution in [1.82, 2.24) is 0 Å². The molecule has 2 aromatic rings. The van der Waals surface area contributed by atoms with Crippen molar-refractivity contribution in [3.05, 3.63) is 59.7 Å². The van der Waals surface area contributed by atoms with Crippen LogP contribution in [0.5, 0.6) is 11.5 Å². The van der Waals surface area contributed by atoms with Crippen molar-refractivity contribution in [3.8, 4) is 36.2 Å². The predicted octanol–water partition coefficient (Wildman–Crippen LogP) is 4.69. The number of ether oxygens (including phenoxy) is 4. The van der Waals surface area contributed by atoms with Gasteiger partial charge in [-0.25, -0.2) is 0 Å². The van der Waals surface area contributed by atoms with Gasteiger partial charge >= 0.3 is 11.9 Å². The molecule has 200 valence electrons. The van der Waals surface area contributed by atoms with E-state index in [0.29, 0.717) is 35.5 Å². The summed E-state index contributed by atoms with van der Waals surface area (Å²) in [6.07, 6.45) is 14.1. The molecule has 0 amide bonds. The summed E-state index contributed by atoms with van der Waals surface area (Å²) >= 11 is 0. The Bertz CT molecular complexity index is 1230. The number of ketones is 1. The number of esters is 2. The van der Waals surface area contributed by atoms with Crippen LogP contribution in [0.1, 0.15) is 67.9 Å². The van der Waals surface area contributed by atoms with E-state index in [1.165, 1.54) is 0 Å². The Morgan fingerprint density at radius 1 is 0.718 bits per heavy atom. The number of terminal acetylenes is 2. The molecule has 1 heterocycles. The Balaban J connectivity index is 1.58. The van der Waals surface area contributed by atoms with Crippen LogP contribution in [0, 0.1) is 30.1 Å². The van der Waals surface area contributed by atoms with Gasteiger partial charge in [0.15, 0.2) is 5.41 Å². The number of rotatable bonds is 6. The van der Waals surface area contributed by atoms with E-state index in [1.54, 1.807) is 48.5 Å². The molecule has 0 N–H and O–H groups in total. The fraction of sp³-hybridized carbons (Fsp3) is 0.406. The molecule has 3 aliphatic rings. The third-order valence-electron chi connectivity index (χ3n) is 8.02. The molecule has 7 heteroatoms. The monoisotopic (exact) mass is 526 g/mol. The van der Waals surface area contributed by atoms with Gasteiger partial charge in [-0.05, 0) is 48.2 Å². The Morgan fingerprint density at radius 3 is 1.56 bits per heavy atom. The summed E-state index contributed by atoms with van der Waals surface area (Å²) < 4.78 is 23.2. The molecule has 0 radical (unpaired) electrons. The first-order valence-electron chi connectivity index (χ1n) is 13.2. The number of benzene rings is 2. The molecule has 2 spiro atoms. The van der Waals surface area contributed by atoms with E-state index >= 15 is 0 Å². The lowest BCUT2D eigenvalue weighted by Crippen LogP contribution is -2.62. The number of hydrogen-bond acceptors (Lipinski definition) is 7. The second-order valence-corrected chi connectivity index (χ2v) is 10.3. The highest BCUT2D eigenvalue weighted by molar-refractivity contribution is 6.06. The van der Waals surface area contributed by atoms with Gasteiger partial charge in [-0.3, -0.25) is 14.4 Å². The molecule has 0 unspecified atom stereocenters. The Labute approximate surface area is 228 Å². The lowest BCUT2D eigenvalue weighted by atomic mass is 9.55. The molecule has 7 nitrogen and oxygen atoms in total. The van der Waals surface area contributed by atoms with Gasteiger partial charge in [0.2, 0.25) is 0 Å². The van der Waals surface area contributed by atoms with Crippen LogP contribution < -0.4 is 9.47 Å². The number of hydrogen-bond donors (Lipinski definition) is 0. The summed E-state index contributed by atoms with van der Waals surface area (Å²) in [5.74, 6) is 1.77. The zero-order chi connectivity index (χ0) is 27.5. The fourth-order valence-corrected chi connectivity index (χ4v) is 6.18. The van der Waals surface area contributed by atoms with Gasteiger partial charge in [0.25, 0.3) is 5.79 Å². The maximum Gasteiger partial charge on any atom is 0.328 e. The highest BCUT2D eigenvalue weighted by Crippen LogP contribution is 2.59. The normalized spacial score (nSPS) is 23.3. The van der Waals surface area contributed by atoms with Crippen LogP contribution in [-0.2, 0) is 23.9 Å². The van der Waals surface area contributed by atoms with Gasteiger partial charge in [-0.2, -0.15) is 0 Å². The Morgan fingerprint density at radius 2 is 1.15 bits per heavy atom. The summed E-state index contributed by atoms with van der Waals surface area (Å²) in [6, 6.07) is 13.9. The van der Waals surface area contributed by atoms with Crippen molar-refractivity contribution >= 4 is 17.7 Å². The standard InChI is InChI=1S/C32H30O7/c1-3-18-36-25-12-8-22(9-13-25)27-20-24(33)21-28(23-10-14-26(15-11-23)37-19-4-2)32(27)29(34)38-31(39-30(32)35)16-6-5-7-17-31/h1-2,8-15,27-28H,5-7,16-21H2/t27-,28+. The van der Waals surface area contributed by atoms with Crippen LogP contribution in [-0.4, -0.2) is 36.7 Å². The van der Waals surface area contributed by atoms with E-state index in [2.05, 4.69) is 11.8 Å². The zero-order valence-corrected chi connectivity index (χ0v) is 21.6. The van der Waals surface area contributed by atoms with Crippen LogP contribution in [0.3, 0.4) is 0 Å². The van der Waals surface area contributed by atoms with E-state index < -0.39 is 35.0 Å². The smallest absolute Gasteiger partial charge is 0.328 e. The third kappa shape index (κ3) is 4.86. The molecule has 2 aromatic carbocycles. The summed E-state index contributed by atoms with van der Waals surface area (Å²) in [7, 11) is 0. The van der Waals surface area contributed by atoms with E-state index in [-0.39, 0.29) is 31.8 Å². The molecular weight excluding hydrogens is 496 g/mol. The fourth-order valence-electron chi connectivity index (χ4n) is 6.18. The van der Waals surface area contributed by atoms with Crippen molar-refractivity contribution in [1.29, 1.82) is 0 Å². The largest absolute Gasteiger partial charge is 0.481 e. The summed E-state index contributed by atoms with van der Waals surface area (Å²) in [5, 5.41) is 0. The first-order valence-corrected chi connectivity index (χ1v) is 13.2. The van der Waals surface area contributed by atoms with Crippen LogP contribution in [0.4, 0.5) is 0 Å². The van der Waals surface area contributed by atoms with Gasteiger partial charge in [0.1, 0.15) is 30.5 Å². The van der Waals surface area contributed by atoms with Gasteiger partial charge in [-0.1, -0.05) is 42.5 Å². The molecule has 1 aliphatic heterocycles. The summed E-state index contributed by atoms with van der Waals surface area (Å²) in [6.45, 7) is 0.212. The molecule has 5 rings (SSSR count). The first-order chi connectivity index (χ1) is 18.9. The molecule has 3 fully saturated rings. The quantitative estimate of drug-likeness (QED) is 0.307. The Kier molecular flexibility index (Phi) is 7.35. The predicted molar refractivity (Wildman–Crippen MR) is 142 cm³/mol. The molecule has 39 heavy (non-hydrogen) atoms. The number of carbonyl (C=O) groups is 3. The topological polar surface area (TPSA) is 88.1 Å². The average Bonchev–Trinajstić information content (AvgIpc) is 2.95. The van der Waals surface area contributed by atoms with Crippen molar-refractivity contribution in [3.63, 3.8) is 0 Å². The maximum absolute atomic E-state index is 14.2. The molecular formula is C32H30O7. The minimum atomic E-state index is -1.74. The highest BCUT2D eigenvalue weighted by atomic mass is 16.7. The van der Waals surface area contributed by atoms with Crippen LogP contribution >= 0.6 is 0 Å². The van der Waals surface area contributed by atoms with E-state index in [1.807, 2.05) is 0 Å². The first kappa shape index (κ1) is 26.4. The minimum Gasteiger partial charge on any atom is -0.481 e. The molecule has 1 saturated heterocycles. The van der Waals surface area contributed by atoms with Crippen LogP contribution in [0.15, 0.2) is 48.5 Å². The second kappa shape index (κ2) is 10.9. The molecule has 2 aliphatic carbocycles. The van der Waals surface area contributed by atoms with Crippen molar-refractivity contribution in [2.45, 2.75) is 62.6 Å². The van der Waals surface area contributed by atoms with E-state index in [4.69, 9.17) is 31.8 Å². The van der Waals surface area contributed by atoms with Crippen LogP contribution in [0.25, 0.3) is 0 Å². The summed E-state index contributed by atoms with van der Waals surface area (Å²) in [4.78, 5) is 41.6. The highest BCUT2D eigenvalue weighted by Gasteiger charge is 2.68. The number of carbonyl (C=O) groups excluding carboxylic acids is 3.